The van der Waals surface area contributed by atoms with Gasteiger partial charge in [0.05, 0.1) is 17.5 Å². The fourth-order valence-corrected chi connectivity index (χ4v) is 3.98. The number of amides is 1. The number of carbonyl (C=O) groups is 1. The van der Waals surface area contributed by atoms with Gasteiger partial charge in [-0.2, -0.15) is 0 Å². The minimum absolute atomic E-state index is 0.0782. The van der Waals surface area contributed by atoms with Crippen LogP contribution < -0.4 is 5.32 Å². The first-order valence-electron chi connectivity index (χ1n) is 8.60. The van der Waals surface area contributed by atoms with Crippen LogP contribution in [0.5, 0.6) is 0 Å². The van der Waals surface area contributed by atoms with Crippen molar-refractivity contribution < 1.29 is 9.21 Å². The predicted molar refractivity (Wildman–Crippen MR) is 115 cm³/mol. The van der Waals surface area contributed by atoms with E-state index < -0.39 is 0 Å². The summed E-state index contributed by atoms with van der Waals surface area (Å²) in [5, 5.41) is 4.61. The van der Waals surface area contributed by atoms with E-state index in [9.17, 15) is 4.79 Å². The number of benzene rings is 2. The lowest BCUT2D eigenvalue weighted by Crippen LogP contribution is -2.14. The molecule has 2 heterocycles. The van der Waals surface area contributed by atoms with E-state index in [0.29, 0.717) is 11.6 Å². The molecule has 2 aromatic heterocycles. The van der Waals surface area contributed by atoms with E-state index in [1.54, 1.807) is 24.1 Å². The highest BCUT2D eigenvalue weighted by Crippen LogP contribution is 2.28. The summed E-state index contributed by atoms with van der Waals surface area (Å²) in [5.74, 6) is 1.29. The van der Waals surface area contributed by atoms with Gasteiger partial charge in [0, 0.05) is 16.0 Å². The summed E-state index contributed by atoms with van der Waals surface area (Å²) in [6, 6.07) is 19.2. The molecule has 28 heavy (non-hydrogen) atoms. The predicted octanol–water partition coefficient (Wildman–Crippen LogP) is 5.34. The van der Waals surface area contributed by atoms with Gasteiger partial charge < -0.3 is 9.73 Å². The Hall–Kier alpha value is -2.77. The molecule has 0 aliphatic carbocycles. The third-order valence-corrected chi connectivity index (χ3v) is 5.72. The highest BCUT2D eigenvalue weighted by atomic mass is 32.2. The lowest BCUT2D eigenvalue weighted by atomic mass is 10.2. The number of rotatable bonds is 6. The van der Waals surface area contributed by atoms with Gasteiger partial charge in [-0.05, 0) is 42.7 Å². The lowest BCUT2D eigenvalue weighted by molar-refractivity contribution is -0.113. The number of para-hydroxylation sites is 1. The van der Waals surface area contributed by atoms with E-state index in [2.05, 4.69) is 15.3 Å². The first-order chi connectivity index (χ1) is 13.7. The number of aromatic nitrogens is 2. The molecule has 5 nitrogen and oxygen atoms in total. The molecule has 4 rings (SSSR count). The van der Waals surface area contributed by atoms with Crippen LogP contribution in [-0.2, 0) is 4.79 Å². The number of thioether (sulfide) groups is 2. The number of hydrogen-bond acceptors (Lipinski definition) is 6. The van der Waals surface area contributed by atoms with E-state index >= 15 is 0 Å². The Morgan fingerprint density at radius 2 is 1.96 bits per heavy atom. The Morgan fingerprint density at radius 1 is 1.07 bits per heavy atom. The molecule has 0 spiro atoms. The maximum atomic E-state index is 12.4. The lowest BCUT2D eigenvalue weighted by Gasteiger charge is -2.09. The zero-order valence-electron chi connectivity index (χ0n) is 15.1. The third-order valence-electron chi connectivity index (χ3n) is 4.00. The molecule has 2 aromatic carbocycles. The van der Waals surface area contributed by atoms with Crippen molar-refractivity contribution in [3.63, 3.8) is 0 Å². The standard InChI is InChI=1S/C21H17N3O2S2/c1-27-15-7-4-6-14(12-15)22-19(25)13-28-21-16-8-2-3-9-17(16)23-20(24-21)18-10-5-11-26-18/h2-12H,13H2,1H3,(H,22,25). The number of fused-ring (bicyclic) bond motifs is 1. The molecule has 1 N–H and O–H groups in total. The van der Waals surface area contributed by atoms with Crippen LogP contribution in [0.3, 0.4) is 0 Å². The van der Waals surface area contributed by atoms with Gasteiger partial charge in [0.25, 0.3) is 0 Å². The molecule has 0 unspecified atom stereocenters. The van der Waals surface area contributed by atoms with Crippen molar-refractivity contribution >= 4 is 46.0 Å². The zero-order chi connectivity index (χ0) is 19.3. The van der Waals surface area contributed by atoms with Crippen LogP contribution in [0.2, 0.25) is 0 Å². The monoisotopic (exact) mass is 407 g/mol. The maximum absolute atomic E-state index is 12.4. The van der Waals surface area contributed by atoms with Crippen molar-refractivity contribution in [1.82, 2.24) is 9.97 Å². The van der Waals surface area contributed by atoms with Crippen LogP contribution in [0.25, 0.3) is 22.5 Å². The summed E-state index contributed by atoms with van der Waals surface area (Å²) < 4.78 is 5.43. The average Bonchev–Trinajstić information content (AvgIpc) is 3.27. The minimum atomic E-state index is -0.0782. The normalized spacial score (nSPS) is 10.9. The van der Waals surface area contributed by atoms with Crippen LogP contribution in [-0.4, -0.2) is 27.9 Å². The van der Waals surface area contributed by atoms with E-state index in [0.717, 1.165) is 26.5 Å². The summed E-state index contributed by atoms with van der Waals surface area (Å²) in [5.41, 5.74) is 1.61. The molecular formula is C21H17N3O2S2. The van der Waals surface area contributed by atoms with E-state index in [1.165, 1.54) is 11.8 Å². The second kappa shape index (κ2) is 8.50. The van der Waals surface area contributed by atoms with Crippen molar-refractivity contribution in [2.24, 2.45) is 0 Å². The van der Waals surface area contributed by atoms with Crippen molar-refractivity contribution in [2.45, 2.75) is 9.92 Å². The summed E-state index contributed by atoms with van der Waals surface area (Å²) >= 11 is 3.03. The number of carbonyl (C=O) groups excluding carboxylic acids is 1. The average molecular weight is 408 g/mol. The molecule has 1 amide bonds. The van der Waals surface area contributed by atoms with Crippen LogP contribution in [0.4, 0.5) is 5.69 Å². The molecule has 0 radical (unpaired) electrons. The third kappa shape index (κ3) is 4.21. The number of nitrogens with one attached hydrogen (secondary N) is 1. The Morgan fingerprint density at radius 3 is 2.79 bits per heavy atom. The van der Waals surface area contributed by atoms with Gasteiger partial charge in [0.2, 0.25) is 5.91 Å². The summed E-state index contributed by atoms with van der Waals surface area (Å²) in [6.07, 6.45) is 3.60. The Balaban J connectivity index is 1.54. The van der Waals surface area contributed by atoms with Crippen LogP contribution >= 0.6 is 23.5 Å². The van der Waals surface area contributed by atoms with E-state index in [4.69, 9.17) is 4.42 Å². The molecule has 140 valence electrons. The Bertz CT molecular complexity index is 1110. The minimum Gasteiger partial charge on any atom is -0.461 e. The van der Waals surface area contributed by atoms with Crippen molar-refractivity contribution in [3.8, 4) is 11.6 Å². The first-order valence-corrected chi connectivity index (χ1v) is 10.8. The van der Waals surface area contributed by atoms with E-state index in [-0.39, 0.29) is 11.7 Å². The van der Waals surface area contributed by atoms with Gasteiger partial charge in [-0.15, -0.1) is 11.8 Å². The van der Waals surface area contributed by atoms with Crippen LogP contribution in [0.15, 0.2) is 81.3 Å². The van der Waals surface area contributed by atoms with Gasteiger partial charge in [-0.25, -0.2) is 9.97 Å². The number of nitrogens with zero attached hydrogens (tertiary/aromatic N) is 2. The molecule has 4 aromatic rings. The maximum Gasteiger partial charge on any atom is 0.234 e. The van der Waals surface area contributed by atoms with Gasteiger partial charge in [0.15, 0.2) is 11.6 Å². The van der Waals surface area contributed by atoms with Gasteiger partial charge in [0.1, 0.15) is 5.03 Å². The molecule has 0 bridgehead atoms. The fraction of sp³-hybridized carbons (Fsp3) is 0.0952. The van der Waals surface area contributed by atoms with Crippen LogP contribution in [0.1, 0.15) is 0 Å². The van der Waals surface area contributed by atoms with Gasteiger partial charge >= 0.3 is 0 Å². The Labute approximate surface area is 171 Å². The zero-order valence-corrected chi connectivity index (χ0v) is 16.7. The topological polar surface area (TPSA) is 68.0 Å². The molecule has 0 saturated carbocycles. The molecular weight excluding hydrogens is 390 g/mol. The van der Waals surface area contributed by atoms with Gasteiger partial charge in [-0.1, -0.05) is 36.0 Å². The SMILES string of the molecule is CSc1cccc(NC(=O)CSc2nc(-c3ccco3)nc3ccccc23)c1. The van der Waals surface area contributed by atoms with Gasteiger partial charge in [-0.3, -0.25) is 4.79 Å². The number of hydrogen-bond donors (Lipinski definition) is 1. The molecule has 0 saturated heterocycles. The summed E-state index contributed by atoms with van der Waals surface area (Å²) in [6.45, 7) is 0. The van der Waals surface area contributed by atoms with Crippen LogP contribution in [0, 0.1) is 0 Å². The second-order valence-corrected chi connectivity index (χ2v) is 7.76. The number of anilines is 1. The molecule has 0 atom stereocenters. The fourth-order valence-electron chi connectivity index (χ4n) is 2.71. The molecule has 0 aliphatic heterocycles. The molecule has 0 aliphatic rings. The van der Waals surface area contributed by atoms with Crippen molar-refractivity contribution in [1.29, 1.82) is 0 Å². The summed E-state index contributed by atoms with van der Waals surface area (Å²) in [4.78, 5) is 22.7. The second-order valence-electron chi connectivity index (χ2n) is 5.92. The molecule has 7 heteroatoms. The highest BCUT2D eigenvalue weighted by Gasteiger charge is 2.13. The number of furan rings is 1. The van der Waals surface area contributed by atoms with E-state index in [1.807, 2.05) is 60.9 Å². The smallest absolute Gasteiger partial charge is 0.234 e. The van der Waals surface area contributed by atoms with Crippen molar-refractivity contribution in [2.75, 3.05) is 17.3 Å². The Kier molecular flexibility index (Phi) is 5.64. The van der Waals surface area contributed by atoms with Crippen molar-refractivity contribution in [3.05, 3.63) is 66.9 Å². The first kappa shape index (κ1) is 18.6. The summed E-state index contributed by atoms with van der Waals surface area (Å²) in [7, 11) is 0. The largest absolute Gasteiger partial charge is 0.461 e. The quantitative estimate of drug-likeness (QED) is 0.344. The molecule has 0 fully saturated rings. The highest BCUT2D eigenvalue weighted by molar-refractivity contribution is 8.00.